The van der Waals surface area contributed by atoms with Gasteiger partial charge in [-0.3, -0.25) is 4.98 Å². The fraction of sp³-hybridized carbons (Fsp3) is 0.667. The third-order valence-corrected chi connectivity index (χ3v) is 3.75. The molecule has 4 heteroatoms. The number of rotatable bonds is 7. The topological polar surface area (TPSA) is 31.4 Å². The first-order chi connectivity index (χ1) is 9.29. The zero-order chi connectivity index (χ0) is 13.5. The summed E-state index contributed by atoms with van der Waals surface area (Å²) in [7, 11) is 2.17. The summed E-state index contributed by atoms with van der Waals surface area (Å²) >= 11 is 0. The van der Waals surface area contributed by atoms with E-state index in [4.69, 9.17) is 0 Å². The third kappa shape index (κ3) is 4.48. The van der Waals surface area contributed by atoms with E-state index in [2.05, 4.69) is 46.2 Å². The highest BCUT2D eigenvalue weighted by Crippen LogP contribution is 2.14. The fourth-order valence-corrected chi connectivity index (χ4v) is 2.48. The van der Waals surface area contributed by atoms with Gasteiger partial charge in [0.15, 0.2) is 0 Å². The van der Waals surface area contributed by atoms with Gasteiger partial charge in [0.25, 0.3) is 0 Å². The molecule has 19 heavy (non-hydrogen) atoms. The smallest absolute Gasteiger partial charge is 0.0562 e. The van der Waals surface area contributed by atoms with Crippen LogP contribution in [0.1, 0.15) is 25.5 Å². The Balaban J connectivity index is 1.84. The van der Waals surface area contributed by atoms with E-state index < -0.39 is 0 Å². The lowest BCUT2D eigenvalue weighted by Crippen LogP contribution is -2.31. The van der Waals surface area contributed by atoms with Crippen LogP contribution >= 0.6 is 0 Å². The van der Waals surface area contributed by atoms with Gasteiger partial charge in [0.05, 0.1) is 5.69 Å². The summed E-state index contributed by atoms with van der Waals surface area (Å²) in [6.07, 6.45) is 4.64. The number of nitrogens with one attached hydrogen (secondary N) is 1. The van der Waals surface area contributed by atoms with Crippen molar-refractivity contribution >= 4 is 5.69 Å². The van der Waals surface area contributed by atoms with Crippen LogP contribution in [0.5, 0.6) is 0 Å². The quantitative estimate of drug-likeness (QED) is 0.811. The van der Waals surface area contributed by atoms with Gasteiger partial charge >= 0.3 is 0 Å². The minimum absolute atomic E-state index is 0.851. The highest BCUT2D eigenvalue weighted by Gasteiger charge is 2.12. The van der Waals surface area contributed by atoms with Crippen molar-refractivity contribution in [3.8, 4) is 0 Å². The summed E-state index contributed by atoms with van der Waals surface area (Å²) in [5.41, 5.74) is 2.38. The summed E-state index contributed by atoms with van der Waals surface area (Å²) in [6, 6.07) is 4.28. The lowest BCUT2D eigenvalue weighted by molar-refractivity contribution is 0.346. The molecule has 1 aromatic rings. The minimum Gasteiger partial charge on any atom is -0.373 e. The number of anilines is 1. The molecule has 0 atom stereocenters. The van der Waals surface area contributed by atoms with Crippen LogP contribution in [0.25, 0.3) is 0 Å². The molecule has 0 aliphatic carbocycles. The van der Waals surface area contributed by atoms with Crippen molar-refractivity contribution in [1.29, 1.82) is 0 Å². The Kier molecular flexibility index (Phi) is 5.61. The zero-order valence-corrected chi connectivity index (χ0v) is 12.2. The van der Waals surface area contributed by atoms with Gasteiger partial charge in [-0.15, -0.1) is 0 Å². The van der Waals surface area contributed by atoms with Crippen LogP contribution in [0.3, 0.4) is 0 Å². The molecule has 1 fully saturated rings. The molecule has 0 bridgehead atoms. The molecule has 0 radical (unpaired) electrons. The van der Waals surface area contributed by atoms with Crippen molar-refractivity contribution < 1.29 is 0 Å². The Hall–Kier alpha value is -1.13. The SMILES string of the molecule is CCNCc1cc(N(C)CCN2CCCC2)ccn1. The van der Waals surface area contributed by atoms with E-state index in [0.717, 1.165) is 25.3 Å². The Morgan fingerprint density at radius 2 is 2.16 bits per heavy atom. The summed E-state index contributed by atoms with van der Waals surface area (Å²) in [5, 5.41) is 3.32. The Morgan fingerprint density at radius 1 is 1.37 bits per heavy atom. The van der Waals surface area contributed by atoms with Gasteiger partial charge in [-0.2, -0.15) is 0 Å². The van der Waals surface area contributed by atoms with Gasteiger partial charge in [-0.25, -0.2) is 0 Å². The number of pyridine rings is 1. The highest BCUT2D eigenvalue weighted by atomic mass is 15.2. The normalized spacial score (nSPS) is 15.9. The molecule has 2 rings (SSSR count). The first-order valence-electron chi connectivity index (χ1n) is 7.38. The molecular formula is C15H26N4. The van der Waals surface area contributed by atoms with Gasteiger partial charge in [-0.05, 0) is 44.6 Å². The summed E-state index contributed by atoms with van der Waals surface area (Å²) < 4.78 is 0. The van der Waals surface area contributed by atoms with Gasteiger partial charge < -0.3 is 15.1 Å². The van der Waals surface area contributed by atoms with Crippen LogP contribution in [0, 0.1) is 0 Å². The van der Waals surface area contributed by atoms with Crippen molar-refractivity contribution in [2.24, 2.45) is 0 Å². The maximum Gasteiger partial charge on any atom is 0.0562 e. The lowest BCUT2D eigenvalue weighted by atomic mass is 10.3. The molecule has 2 heterocycles. The van der Waals surface area contributed by atoms with E-state index in [0.29, 0.717) is 0 Å². The van der Waals surface area contributed by atoms with E-state index in [1.807, 2.05) is 6.20 Å². The van der Waals surface area contributed by atoms with Gasteiger partial charge in [0.1, 0.15) is 0 Å². The lowest BCUT2D eigenvalue weighted by Gasteiger charge is -2.23. The second kappa shape index (κ2) is 7.46. The molecular weight excluding hydrogens is 236 g/mol. The number of likely N-dealkylation sites (tertiary alicyclic amines) is 1. The molecule has 1 saturated heterocycles. The number of hydrogen-bond donors (Lipinski definition) is 1. The van der Waals surface area contributed by atoms with Crippen LogP contribution in [0.15, 0.2) is 18.3 Å². The Morgan fingerprint density at radius 3 is 2.89 bits per heavy atom. The predicted octanol–water partition coefficient (Wildman–Crippen LogP) is 1.72. The van der Waals surface area contributed by atoms with Gasteiger partial charge in [0, 0.05) is 38.6 Å². The average molecular weight is 262 g/mol. The van der Waals surface area contributed by atoms with Crippen molar-refractivity contribution in [3.05, 3.63) is 24.0 Å². The van der Waals surface area contributed by atoms with E-state index in [1.165, 1.54) is 38.2 Å². The molecule has 1 aliphatic rings. The monoisotopic (exact) mass is 262 g/mol. The van der Waals surface area contributed by atoms with Crippen LogP contribution in [-0.4, -0.2) is 49.7 Å². The molecule has 0 spiro atoms. The van der Waals surface area contributed by atoms with E-state index in [-0.39, 0.29) is 0 Å². The second-order valence-electron chi connectivity index (χ2n) is 5.26. The average Bonchev–Trinajstić information content (AvgIpc) is 2.96. The first-order valence-corrected chi connectivity index (χ1v) is 7.38. The molecule has 1 aromatic heterocycles. The molecule has 0 saturated carbocycles. The van der Waals surface area contributed by atoms with E-state index in [1.54, 1.807) is 0 Å². The highest BCUT2D eigenvalue weighted by molar-refractivity contribution is 5.45. The van der Waals surface area contributed by atoms with Crippen molar-refractivity contribution in [1.82, 2.24) is 15.2 Å². The van der Waals surface area contributed by atoms with Crippen LogP contribution < -0.4 is 10.2 Å². The van der Waals surface area contributed by atoms with Gasteiger partial charge in [0.2, 0.25) is 0 Å². The van der Waals surface area contributed by atoms with E-state index >= 15 is 0 Å². The molecule has 106 valence electrons. The molecule has 1 N–H and O–H groups in total. The van der Waals surface area contributed by atoms with Crippen molar-refractivity contribution in [3.63, 3.8) is 0 Å². The molecule has 4 nitrogen and oxygen atoms in total. The summed E-state index contributed by atoms with van der Waals surface area (Å²) in [6.45, 7) is 8.75. The Bertz CT molecular complexity index is 374. The fourth-order valence-electron chi connectivity index (χ4n) is 2.48. The third-order valence-electron chi connectivity index (χ3n) is 3.75. The predicted molar refractivity (Wildman–Crippen MR) is 80.6 cm³/mol. The molecule has 0 unspecified atom stereocenters. The summed E-state index contributed by atoms with van der Waals surface area (Å²) in [4.78, 5) is 9.28. The summed E-state index contributed by atoms with van der Waals surface area (Å²) in [5.74, 6) is 0. The number of likely N-dealkylation sites (N-methyl/N-ethyl adjacent to an activating group) is 1. The van der Waals surface area contributed by atoms with E-state index in [9.17, 15) is 0 Å². The number of aromatic nitrogens is 1. The first kappa shape index (κ1) is 14.3. The molecule has 0 aromatic carbocycles. The van der Waals surface area contributed by atoms with Gasteiger partial charge in [-0.1, -0.05) is 6.92 Å². The number of hydrogen-bond acceptors (Lipinski definition) is 4. The maximum absolute atomic E-state index is 4.40. The van der Waals surface area contributed by atoms with Crippen LogP contribution in [0.2, 0.25) is 0 Å². The Labute approximate surface area is 116 Å². The number of nitrogens with zero attached hydrogens (tertiary/aromatic N) is 3. The minimum atomic E-state index is 0.851. The van der Waals surface area contributed by atoms with Crippen molar-refractivity contribution in [2.75, 3.05) is 44.7 Å². The largest absolute Gasteiger partial charge is 0.373 e. The standard InChI is InChI=1S/C15H26N4/c1-3-16-13-14-12-15(6-7-17-14)18(2)10-11-19-8-4-5-9-19/h6-7,12,16H,3-5,8-11,13H2,1-2H3. The molecule has 1 aliphatic heterocycles. The van der Waals surface area contributed by atoms with Crippen LogP contribution in [0.4, 0.5) is 5.69 Å². The van der Waals surface area contributed by atoms with Crippen LogP contribution in [-0.2, 0) is 6.54 Å². The zero-order valence-electron chi connectivity index (χ0n) is 12.2. The second-order valence-corrected chi connectivity index (χ2v) is 5.26. The maximum atomic E-state index is 4.40. The van der Waals surface area contributed by atoms with Crippen molar-refractivity contribution in [2.45, 2.75) is 26.3 Å². The molecule has 0 amide bonds.